The maximum absolute atomic E-state index is 13.4. The third-order valence-electron chi connectivity index (χ3n) is 1.67. The molecule has 17 heavy (non-hydrogen) atoms. The molecular weight excluding hydrogens is 268 g/mol. The van der Waals surface area contributed by atoms with Crippen LogP contribution in [0.25, 0.3) is 0 Å². The van der Waals surface area contributed by atoms with Gasteiger partial charge in [-0.1, -0.05) is 11.6 Å². The minimum absolute atomic E-state index is 0.0753. The van der Waals surface area contributed by atoms with Crippen molar-refractivity contribution in [3.8, 4) is 5.75 Å². The van der Waals surface area contributed by atoms with Gasteiger partial charge in [-0.25, -0.2) is 4.39 Å². The van der Waals surface area contributed by atoms with Crippen LogP contribution >= 0.6 is 23.2 Å². The smallest absolute Gasteiger partial charge is 0.318 e. The second-order valence-electron chi connectivity index (χ2n) is 4.38. The Morgan fingerprint density at radius 3 is 2.47 bits per heavy atom. The lowest BCUT2D eigenvalue weighted by atomic mass is 10.2. The van der Waals surface area contributed by atoms with E-state index in [1.807, 2.05) is 20.8 Å². The maximum atomic E-state index is 13.4. The van der Waals surface area contributed by atoms with Gasteiger partial charge in [0.2, 0.25) is 0 Å². The molecule has 0 atom stereocenters. The zero-order chi connectivity index (χ0) is 13.2. The van der Waals surface area contributed by atoms with Gasteiger partial charge in [-0.15, -0.1) is 0 Å². The zero-order valence-electron chi connectivity index (χ0n) is 9.61. The zero-order valence-corrected chi connectivity index (χ0v) is 11.1. The lowest BCUT2D eigenvalue weighted by molar-refractivity contribution is 0.131. The molecule has 3 nitrogen and oxygen atoms in total. The summed E-state index contributed by atoms with van der Waals surface area (Å²) < 4.78 is 18.9. The van der Waals surface area contributed by atoms with Gasteiger partial charge in [-0.2, -0.15) is 0 Å². The van der Waals surface area contributed by atoms with Gasteiger partial charge >= 0.3 is 5.37 Å². The summed E-state index contributed by atoms with van der Waals surface area (Å²) in [5.74, 6) is -0.397. The van der Waals surface area contributed by atoms with E-state index in [9.17, 15) is 9.18 Å². The van der Waals surface area contributed by atoms with E-state index >= 15 is 0 Å². The first-order valence-electron chi connectivity index (χ1n) is 4.83. The number of nitrogens with one attached hydrogen (secondary N) is 1. The Hall–Kier alpha value is -1.00. The normalized spacial score (nSPS) is 11.2. The molecule has 0 heterocycles. The number of ether oxygens (including phenoxy) is 1. The summed E-state index contributed by atoms with van der Waals surface area (Å²) in [7, 11) is 0. The van der Waals surface area contributed by atoms with Crippen molar-refractivity contribution in [2.75, 3.05) is 5.32 Å². The van der Waals surface area contributed by atoms with Crippen LogP contribution in [0.4, 0.5) is 14.9 Å². The summed E-state index contributed by atoms with van der Waals surface area (Å²) in [4.78, 5) is 10.7. The average Bonchev–Trinajstić information content (AvgIpc) is 2.10. The molecule has 0 radical (unpaired) electrons. The van der Waals surface area contributed by atoms with Gasteiger partial charge in [0.05, 0.1) is 10.7 Å². The van der Waals surface area contributed by atoms with Gasteiger partial charge in [0.25, 0.3) is 0 Å². The molecule has 1 amide bonds. The van der Waals surface area contributed by atoms with E-state index in [4.69, 9.17) is 27.9 Å². The molecule has 94 valence electrons. The van der Waals surface area contributed by atoms with Gasteiger partial charge in [-0.05, 0) is 38.4 Å². The summed E-state index contributed by atoms with van der Waals surface area (Å²) in [6.07, 6.45) is 0. The third-order valence-corrected chi connectivity index (χ3v) is 2.06. The summed E-state index contributed by atoms with van der Waals surface area (Å²) in [5.41, 5.74) is -0.558. The third kappa shape index (κ3) is 4.40. The SMILES string of the molecule is CC(C)(C)Oc1cc(NC(=O)Cl)c(F)cc1Cl. The highest BCUT2D eigenvalue weighted by molar-refractivity contribution is 6.65. The Balaban J connectivity index is 3.10. The molecule has 1 aromatic rings. The molecule has 0 aliphatic carbocycles. The number of halogens is 3. The van der Waals surface area contributed by atoms with Crippen molar-refractivity contribution in [2.24, 2.45) is 0 Å². The molecule has 0 saturated heterocycles. The highest BCUT2D eigenvalue weighted by Crippen LogP contribution is 2.32. The lowest BCUT2D eigenvalue weighted by Gasteiger charge is -2.22. The van der Waals surface area contributed by atoms with Gasteiger partial charge in [0, 0.05) is 6.07 Å². The van der Waals surface area contributed by atoms with Crippen LogP contribution in [0.2, 0.25) is 5.02 Å². The van der Waals surface area contributed by atoms with Crippen LogP contribution in [0.1, 0.15) is 20.8 Å². The highest BCUT2D eigenvalue weighted by Gasteiger charge is 2.17. The van der Waals surface area contributed by atoms with E-state index in [1.165, 1.54) is 6.07 Å². The van der Waals surface area contributed by atoms with Crippen LogP contribution < -0.4 is 10.1 Å². The Labute approximate surface area is 109 Å². The molecule has 0 fully saturated rings. The molecule has 1 rings (SSSR count). The fraction of sp³-hybridized carbons (Fsp3) is 0.364. The number of carbonyl (C=O) groups is 1. The highest BCUT2D eigenvalue weighted by atomic mass is 35.5. The molecule has 0 aromatic heterocycles. The minimum atomic E-state index is -0.882. The van der Waals surface area contributed by atoms with Gasteiger partial charge < -0.3 is 10.1 Å². The van der Waals surface area contributed by atoms with Crippen molar-refractivity contribution in [1.29, 1.82) is 0 Å². The quantitative estimate of drug-likeness (QED) is 0.643. The summed E-state index contributed by atoms with van der Waals surface area (Å²) >= 11 is 11.0. The second-order valence-corrected chi connectivity index (χ2v) is 5.13. The van der Waals surface area contributed by atoms with Crippen LogP contribution in [-0.4, -0.2) is 11.0 Å². The molecule has 1 N–H and O–H groups in total. The first kappa shape index (κ1) is 14.1. The van der Waals surface area contributed by atoms with E-state index in [0.717, 1.165) is 6.07 Å². The number of carbonyl (C=O) groups excluding carboxylic acids is 1. The Bertz CT molecular complexity index is 444. The molecule has 0 aliphatic rings. The van der Waals surface area contributed by atoms with Crippen LogP contribution in [0.3, 0.4) is 0 Å². The summed E-state index contributed by atoms with van der Waals surface area (Å²) in [6, 6.07) is 2.36. The molecule has 0 saturated carbocycles. The van der Waals surface area contributed by atoms with Crippen molar-refractivity contribution in [1.82, 2.24) is 0 Å². The molecule has 6 heteroatoms. The van der Waals surface area contributed by atoms with Crippen LogP contribution in [0.15, 0.2) is 12.1 Å². The van der Waals surface area contributed by atoms with Crippen LogP contribution in [-0.2, 0) is 0 Å². The first-order valence-corrected chi connectivity index (χ1v) is 5.59. The molecule has 0 bridgehead atoms. The fourth-order valence-electron chi connectivity index (χ4n) is 1.14. The van der Waals surface area contributed by atoms with Crippen LogP contribution in [0.5, 0.6) is 5.75 Å². The molecule has 0 unspecified atom stereocenters. The predicted molar refractivity (Wildman–Crippen MR) is 66.7 cm³/mol. The Morgan fingerprint density at radius 2 is 2.00 bits per heavy atom. The van der Waals surface area contributed by atoms with E-state index < -0.39 is 16.8 Å². The number of amides is 1. The van der Waals surface area contributed by atoms with E-state index in [1.54, 1.807) is 0 Å². The van der Waals surface area contributed by atoms with Crippen molar-refractivity contribution in [2.45, 2.75) is 26.4 Å². The Morgan fingerprint density at radius 1 is 1.41 bits per heavy atom. The lowest BCUT2D eigenvalue weighted by Crippen LogP contribution is -2.23. The van der Waals surface area contributed by atoms with Gasteiger partial charge in [-0.3, -0.25) is 4.79 Å². The number of benzene rings is 1. The van der Waals surface area contributed by atoms with Gasteiger partial charge in [0.15, 0.2) is 0 Å². The first-order chi connectivity index (χ1) is 7.69. The second kappa shape index (κ2) is 5.10. The fourth-order valence-corrected chi connectivity index (χ4v) is 1.43. The molecule has 0 spiro atoms. The number of hydrogen-bond donors (Lipinski definition) is 1. The standard InChI is InChI=1S/C11H12Cl2FNO2/c1-11(2,3)17-9-5-8(15-10(13)16)7(14)4-6(9)12/h4-5H,1-3H3,(H,15,16). The average molecular weight is 280 g/mol. The molecular formula is C11H12Cl2FNO2. The van der Waals surface area contributed by atoms with Crippen LogP contribution in [0, 0.1) is 5.82 Å². The summed E-state index contributed by atoms with van der Waals surface area (Å²) in [5, 5.41) is 1.39. The summed E-state index contributed by atoms with van der Waals surface area (Å²) in [6.45, 7) is 5.48. The van der Waals surface area contributed by atoms with E-state index in [0.29, 0.717) is 0 Å². The topological polar surface area (TPSA) is 38.3 Å². The Kier molecular flexibility index (Phi) is 4.22. The largest absolute Gasteiger partial charge is 0.487 e. The maximum Gasteiger partial charge on any atom is 0.318 e. The molecule has 0 aliphatic heterocycles. The van der Waals surface area contributed by atoms with Crippen molar-refractivity contribution in [3.63, 3.8) is 0 Å². The van der Waals surface area contributed by atoms with Gasteiger partial charge in [0.1, 0.15) is 17.2 Å². The van der Waals surface area contributed by atoms with E-state index in [-0.39, 0.29) is 16.5 Å². The minimum Gasteiger partial charge on any atom is -0.487 e. The number of anilines is 1. The predicted octanol–water partition coefficient (Wildman–Crippen LogP) is 4.43. The molecule has 1 aromatic carbocycles. The number of hydrogen-bond acceptors (Lipinski definition) is 2. The van der Waals surface area contributed by atoms with E-state index in [2.05, 4.69) is 5.32 Å². The van der Waals surface area contributed by atoms with Crippen molar-refractivity contribution in [3.05, 3.63) is 23.0 Å². The van der Waals surface area contributed by atoms with Crippen molar-refractivity contribution >= 4 is 34.3 Å². The monoisotopic (exact) mass is 279 g/mol. The number of rotatable bonds is 2. The van der Waals surface area contributed by atoms with Crippen molar-refractivity contribution < 1.29 is 13.9 Å².